The molecule has 0 aliphatic carbocycles. The van der Waals surface area contributed by atoms with Crippen LogP contribution >= 0.6 is 0 Å². The maximum absolute atomic E-state index is 12.1. The zero-order valence-corrected chi connectivity index (χ0v) is 14.2. The molecule has 0 spiro atoms. The van der Waals surface area contributed by atoms with Crippen LogP contribution in [0.4, 0.5) is 0 Å². The lowest BCUT2D eigenvalue weighted by Gasteiger charge is -2.17. The van der Waals surface area contributed by atoms with Gasteiger partial charge in [-0.15, -0.1) is 0 Å². The van der Waals surface area contributed by atoms with E-state index in [2.05, 4.69) is 13.8 Å². The van der Waals surface area contributed by atoms with Crippen LogP contribution in [0.25, 0.3) is 0 Å². The number of hydrogen-bond acceptors (Lipinski definition) is 2. The SMILES string of the molecule is CCCCCCCC(CCCCCC)C(=O)OC(C)C. The Kier molecular flexibility index (Phi) is 13.1. The molecule has 0 amide bonds. The lowest BCUT2D eigenvalue weighted by molar-refractivity contribution is -0.153. The van der Waals surface area contributed by atoms with E-state index < -0.39 is 0 Å². The van der Waals surface area contributed by atoms with Crippen molar-refractivity contribution in [2.45, 2.75) is 104 Å². The number of hydrogen-bond donors (Lipinski definition) is 0. The molecule has 120 valence electrons. The van der Waals surface area contributed by atoms with Crippen LogP contribution in [0.3, 0.4) is 0 Å². The van der Waals surface area contributed by atoms with Gasteiger partial charge in [0.05, 0.1) is 12.0 Å². The van der Waals surface area contributed by atoms with Crippen molar-refractivity contribution in [2.75, 3.05) is 0 Å². The van der Waals surface area contributed by atoms with Crippen molar-refractivity contribution in [3.63, 3.8) is 0 Å². The molecule has 0 aromatic rings. The molecular formula is C18H36O2. The largest absolute Gasteiger partial charge is 0.463 e. The molecule has 0 aromatic carbocycles. The van der Waals surface area contributed by atoms with Gasteiger partial charge < -0.3 is 4.74 Å². The summed E-state index contributed by atoms with van der Waals surface area (Å²) in [6.45, 7) is 8.33. The highest BCUT2D eigenvalue weighted by atomic mass is 16.5. The van der Waals surface area contributed by atoms with Gasteiger partial charge in [0, 0.05) is 0 Å². The summed E-state index contributed by atoms with van der Waals surface area (Å²) in [5, 5.41) is 0. The second-order valence-electron chi connectivity index (χ2n) is 6.23. The summed E-state index contributed by atoms with van der Waals surface area (Å²) < 4.78 is 5.41. The van der Waals surface area contributed by atoms with Crippen LogP contribution in [0, 0.1) is 5.92 Å². The van der Waals surface area contributed by atoms with Crippen molar-refractivity contribution in [1.29, 1.82) is 0 Å². The average Bonchev–Trinajstić information content (AvgIpc) is 2.40. The van der Waals surface area contributed by atoms with Gasteiger partial charge in [-0.1, -0.05) is 71.6 Å². The van der Waals surface area contributed by atoms with E-state index >= 15 is 0 Å². The monoisotopic (exact) mass is 284 g/mol. The first-order valence-electron chi connectivity index (χ1n) is 8.82. The van der Waals surface area contributed by atoms with E-state index in [4.69, 9.17) is 4.74 Å². The van der Waals surface area contributed by atoms with Crippen LogP contribution in [0.15, 0.2) is 0 Å². The third kappa shape index (κ3) is 11.3. The lowest BCUT2D eigenvalue weighted by atomic mass is 9.94. The summed E-state index contributed by atoms with van der Waals surface area (Å²) in [6, 6.07) is 0. The molecule has 20 heavy (non-hydrogen) atoms. The van der Waals surface area contributed by atoms with Gasteiger partial charge in [-0.3, -0.25) is 4.79 Å². The number of unbranched alkanes of at least 4 members (excludes halogenated alkanes) is 7. The van der Waals surface area contributed by atoms with E-state index in [-0.39, 0.29) is 18.0 Å². The van der Waals surface area contributed by atoms with Crippen molar-refractivity contribution in [2.24, 2.45) is 5.92 Å². The van der Waals surface area contributed by atoms with Gasteiger partial charge in [-0.2, -0.15) is 0 Å². The zero-order chi connectivity index (χ0) is 15.2. The molecule has 0 aliphatic heterocycles. The van der Waals surface area contributed by atoms with E-state index in [1.807, 2.05) is 13.8 Å². The summed E-state index contributed by atoms with van der Waals surface area (Å²) >= 11 is 0. The Morgan fingerprint density at radius 1 is 0.800 bits per heavy atom. The number of carbonyl (C=O) groups is 1. The normalized spacial score (nSPS) is 12.7. The van der Waals surface area contributed by atoms with E-state index in [0.717, 1.165) is 12.8 Å². The van der Waals surface area contributed by atoms with Gasteiger partial charge in [0.1, 0.15) is 0 Å². The predicted molar refractivity (Wildman–Crippen MR) is 86.9 cm³/mol. The molecule has 0 heterocycles. The summed E-state index contributed by atoms with van der Waals surface area (Å²) in [5.41, 5.74) is 0. The van der Waals surface area contributed by atoms with Crippen LogP contribution in [-0.4, -0.2) is 12.1 Å². The second-order valence-corrected chi connectivity index (χ2v) is 6.23. The minimum Gasteiger partial charge on any atom is -0.463 e. The molecule has 0 saturated heterocycles. The Morgan fingerprint density at radius 2 is 1.25 bits per heavy atom. The van der Waals surface area contributed by atoms with Gasteiger partial charge >= 0.3 is 5.97 Å². The number of esters is 1. The molecule has 0 fully saturated rings. The smallest absolute Gasteiger partial charge is 0.309 e. The molecule has 0 radical (unpaired) electrons. The van der Waals surface area contributed by atoms with Crippen molar-refractivity contribution in [3.8, 4) is 0 Å². The van der Waals surface area contributed by atoms with E-state index in [9.17, 15) is 4.79 Å². The molecule has 1 unspecified atom stereocenters. The molecule has 0 aromatic heterocycles. The maximum atomic E-state index is 12.1. The summed E-state index contributed by atoms with van der Waals surface area (Å²) in [4.78, 5) is 12.1. The second kappa shape index (κ2) is 13.5. The standard InChI is InChI=1S/C18H36O2/c1-5-7-9-11-13-15-17(14-12-10-8-6-2)18(19)20-16(3)4/h16-17H,5-15H2,1-4H3. The average molecular weight is 284 g/mol. The van der Waals surface area contributed by atoms with Gasteiger partial charge in [0.2, 0.25) is 0 Å². The first kappa shape index (κ1) is 19.5. The maximum Gasteiger partial charge on any atom is 0.309 e. The zero-order valence-electron chi connectivity index (χ0n) is 14.2. The fourth-order valence-electron chi connectivity index (χ4n) is 2.52. The topological polar surface area (TPSA) is 26.3 Å². The van der Waals surface area contributed by atoms with Gasteiger partial charge in [-0.25, -0.2) is 0 Å². The van der Waals surface area contributed by atoms with Crippen LogP contribution in [0.5, 0.6) is 0 Å². The van der Waals surface area contributed by atoms with Crippen molar-refractivity contribution < 1.29 is 9.53 Å². The molecule has 0 saturated carbocycles. The number of carbonyl (C=O) groups excluding carboxylic acids is 1. The molecular weight excluding hydrogens is 248 g/mol. The Labute approximate surface area is 126 Å². The number of rotatable bonds is 13. The molecule has 2 nitrogen and oxygen atoms in total. The lowest BCUT2D eigenvalue weighted by Crippen LogP contribution is -2.21. The van der Waals surface area contributed by atoms with Crippen LogP contribution in [0.2, 0.25) is 0 Å². The Balaban J connectivity index is 4.00. The van der Waals surface area contributed by atoms with Crippen molar-refractivity contribution in [1.82, 2.24) is 0 Å². The molecule has 0 bridgehead atoms. The first-order chi connectivity index (χ1) is 9.61. The third-order valence-corrected chi connectivity index (χ3v) is 3.75. The van der Waals surface area contributed by atoms with Crippen LogP contribution in [-0.2, 0) is 9.53 Å². The summed E-state index contributed by atoms with van der Waals surface area (Å²) in [7, 11) is 0. The highest BCUT2D eigenvalue weighted by molar-refractivity contribution is 5.72. The van der Waals surface area contributed by atoms with Crippen molar-refractivity contribution in [3.05, 3.63) is 0 Å². The van der Waals surface area contributed by atoms with Crippen LogP contribution < -0.4 is 0 Å². The van der Waals surface area contributed by atoms with Crippen LogP contribution in [0.1, 0.15) is 98.3 Å². The molecule has 1 atom stereocenters. The molecule has 0 aliphatic rings. The van der Waals surface area contributed by atoms with E-state index in [1.54, 1.807) is 0 Å². The molecule has 2 heteroatoms. The van der Waals surface area contributed by atoms with Crippen molar-refractivity contribution >= 4 is 5.97 Å². The minimum absolute atomic E-state index is 0.0146. The Hall–Kier alpha value is -0.530. The highest BCUT2D eigenvalue weighted by Crippen LogP contribution is 2.20. The third-order valence-electron chi connectivity index (χ3n) is 3.75. The fraction of sp³-hybridized carbons (Fsp3) is 0.944. The van der Waals surface area contributed by atoms with E-state index in [0.29, 0.717) is 0 Å². The van der Waals surface area contributed by atoms with Gasteiger partial charge in [0.15, 0.2) is 0 Å². The summed E-state index contributed by atoms with van der Waals surface area (Å²) in [6.07, 6.45) is 13.3. The summed E-state index contributed by atoms with van der Waals surface area (Å²) in [5.74, 6) is 0.169. The van der Waals surface area contributed by atoms with Gasteiger partial charge in [-0.05, 0) is 26.7 Å². The predicted octanol–water partition coefficient (Wildman–Crippen LogP) is 5.89. The number of ether oxygens (including phenoxy) is 1. The quantitative estimate of drug-likeness (QED) is 0.311. The molecule has 0 N–H and O–H groups in total. The fourth-order valence-corrected chi connectivity index (χ4v) is 2.52. The van der Waals surface area contributed by atoms with Gasteiger partial charge in [0.25, 0.3) is 0 Å². The highest BCUT2D eigenvalue weighted by Gasteiger charge is 2.20. The first-order valence-corrected chi connectivity index (χ1v) is 8.82. The Morgan fingerprint density at radius 3 is 1.70 bits per heavy atom. The minimum atomic E-state index is 0.0146. The van der Waals surface area contributed by atoms with E-state index in [1.165, 1.54) is 57.8 Å². The molecule has 0 rings (SSSR count). The Bertz CT molecular complexity index is 223.